The van der Waals surface area contributed by atoms with E-state index in [0.29, 0.717) is 0 Å². The first kappa shape index (κ1) is 28.7. The number of carbonyl (C=O) groups is 2. The van der Waals surface area contributed by atoms with Crippen LogP contribution in [-0.2, 0) is 29.7 Å². The maximum atomic E-state index is 12.0. The first-order valence-electron chi connectivity index (χ1n) is 13.3. The summed E-state index contributed by atoms with van der Waals surface area (Å²) >= 11 is 0. The van der Waals surface area contributed by atoms with Crippen LogP contribution >= 0.6 is 0 Å². The maximum Gasteiger partial charge on any atom is 0.304 e. The Morgan fingerprint density at radius 1 is 1.23 bits per heavy atom. The number of aryl methyl sites for hydroxylation is 3. The quantitative estimate of drug-likeness (QED) is 0.323. The smallest absolute Gasteiger partial charge is 0.304 e. The molecule has 1 aliphatic rings. The molecule has 0 aliphatic carbocycles. The second-order valence-electron chi connectivity index (χ2n) is 10.1. The lowest BCUT2D eigenvalue weighted by atomic mass is 9.84. The molecule has 2 aromatic carbocycles. The Hall–Kier alpha value is -4.31. The van der Waals surface area contributed by atoms with Gasteiger partial charge in [0, 0.05) is 50.6 Å². The molecule has 3 heterocycles. The van der Waals surface area contributed by atoms with Gasteiger partial charge in [-0.25, -0.2) is 4.68 Å². The zero-order valence-electron chi connectivity index (χ0n) is 23.2. The van der Waals surface area contributed by atoms with E-state index in [1.807, 2.05) is 38.4 Å². The molecule has 0 fully saturated rings. The second-order valence-corrected chi connectivity index (χ2v) is 10.1. The Morgan fingerprint density at radius 3 is 2.73 bits per heavy atom. The molecule has 210 valence electrons. The highest BCUT2D eigenvalue weighted by molar-refractivity contribution is 5.80. The number of ether oxygens (including phenoxy) is 1. The number of nitrogens with zero attached hydrogens (tertiary/aromatic N) is 5. The first-order chi connectivity index (χ1) is 19.2. The van der Waals surface area contributed by atoms with Gasteiger partial charge in [-0.3, -0.25) is 19.5 Å². The number of rotatable bonds is 7. The van der Waals surface area contributed by atoms with Crippen molar-refractivity contribution in [1.82, 2.24) is 24.9 Å². The number of carboxylic acids is 1. The molecule has 0 radical (unpaired) electrons. The second kappa shape index (κ2) is 12.7. The molecule has 40 heavy (non-hydrogen) atoms. The van der Waals surface area contributed by atoms with Crippen molar-refractivity contribution in [1.29, 1.82) is 0 Å². The van der Waals surface area contributed by atoms with E-state index in [9.17, 15) is 9.90 Å². The molecule has 0 spiro atoms. The highest BCUT2D eigenvalue weighted by Gasteiger charge is 2.25. The van der Waals surface area contributed by atoms with Crippen molar-refractivity contribution < 1.29 is 24.5 Å². The van der Waals surface area contributed by atoms with Crippen LogP contribution in [0.5, 0.6) is 5.75 Å². The summed E-state index contributed by atoms with van der Waals surface area (Å²) < 4.78 is 8.00. The molecule has 2 aromatic heterocycles. The molecule has 10 heteroatoms. The Morgan fingerprint density at radius 2 is 2.00 bits per heavy atom. The summed E-state index contributed by atoms with van der Waals surface area (Å²) in [7, 11) is 1.86. The van der Waals surface area contributed by atoms with Crippen LogP contribution in [0.15, 0.2) is 48.8 Å². The van der Waals surface area contributed by atoms with Gasteiger partial charge in [0.25, 0.3) is 6.47 Å². The minimum Gasteiger partial charge on any atom is -0.489 e. The third-order valence-corrected chi connectivity index (χ3v) is 7.47. The van der Waals surface area contributed by atoms with Crippen molar-refractivity contribution in [3.05, 3.63) is 82.2 Å². The molecule has 0 bridgehead atoms. The molecule has 0 amide bonds. The van der Waals surface area contributed by atoms with E-state index >= 15 is 0 Å². The van der Waals surface area contributed by atoms with Gasteiger partial charge in [-0.1, -0.05) is 36.4 Å². The van der Waals surface area contributed by atoms with Crippen LogP contribution in [0.2, 0.25) is 0 Å². The molecule has 10 nitrogen and oxygen atoms in total. The van der Waals surface area contributed by atoms with E-state index in [4.69, 9.17) is 14.6 Å². The third-order valence-electron chi connectivity index (χ3n) is 7.47. The maximum absolute atomic E-state index is 12.0. The van der Waals surface area contributed by atoms with Gasteiger partial charge in [-0.2, -0.15) is 0 Å². The lowest BCUT2D eigenvalue weighted by Crippen LogP contribution is -2.32. The third kappa shape index (κ3) is 6.28. The van der Waals surface area contributed by atoms with Gasteiger partial charge in [0.2, 0.25) is 0 Å². The Labute approximate surface area is 233 Å². The minimum absolute atomic E-state index is 0.00359. The Bertz CT molecular complexity index is 1500. The van der Waals surface area contributed by atoms with E-state index in [1.54, 1.807) is 10.9 Å². The van der Waals surface area contributed by atoms with Crippen molar-refractivity contribution in [2.24, 2.45) is 7.05 Å². The van der Waals surface area contributed by atoms with Crippen LogP contribution in [0.4, 0.5) is 0 Å². The van der Waals surface area contributed by atoms with Crippen molar-refractivity contribution >= 4 is 23.5 Å². The monoisotopic (exact) mass is 545 g/mol. The highest BCUT2D eigenvalue weighted by Crippen LogP contribution is 2.35. The van der Waals surface area contributed by atoms with Gasteiger partial charge in [0.15, 0.2) is 0 Å². The molecule has 0 unspecified atom stereocenters. The van der Waals surface area contributed by atoms with E-state index in [2.05, 4.69) is 52.2 Å². The topological polar surface area (TPSA) is 131 Å². The lowest BCUT2D eigenvalue weighted by molar-refractivity contribution is -0.137. The summed E-state index contributed by atoms with van der Waals surface area (Å²) in [6.07, 6.45) is 4.69. The number of benzene rings is 2. The fourth-order valence-electron chi connectivity index (χ4n) is 5.32. The summed E-state index contributed by atoms with van der Waals surface area (Å²) in [6.45, 7) is 8.33. The molecule has 0 saturated carbocycles. The molecule has 2 N–H and O–H groups in total. The van der Waals surface area contributed by atoms with Gasteiger partial charge in [0.05, 0.1) is 11.9 Å². The number of hydrogen-bond donors (Lipinski definition) is 2. The van der Waals surface area contributed by atoms with Gasteiger partial charge in [-0.15, -0.1) is 5.10 Å². The number of hydrogen-bond acceptors (Lipinski definition) is 7. The molecular weight excluding hydrogens is 510 g/mol. The first-order valence-corrected chi connectivity index (χ1v) is 13.3. The number of aromatic nitrogens is 4. The summed E-state index contributed by atoms with van der Waals surface area (Å²) in [5.41, 5.74) is 8.14. The van der Waals surface area contributed by atoms with Crippen molar-refractivity contribution in [2.45, 2.75) is 58.7 Å². The fraction of sp³-hybridized carbons (Fsp3) is 0.367. The Kier molecular flexibility index (Phi) is 9.11. The fourth-order valence-corrected chi connectivity index (χ4v) is 5.32. The summed E-state index contributed by atoms with van der Waals surface area (Å²) in [5, 5.41) is 25.2. The minimum atomic E-state index is -0.828. The standard InChI is InChI=1S/C29H33N5O3.CH2O2/c1-5-23-17-34(16-22-14-30-11-10-27(22)37-23)15-21-12-20(7-6-18(21)2)25(13-28(35)36)24-8-9-26-29(19(24)3)31-32-33(26)4;2-1-3/h6-12,14,23,25H,5,13,15-17H2,1-4H3,(H,35,36);1H,(H,2,3)/t23-,25+;/m1./s1. The molecule has 2 atom stereocenters. The Balaban J connectivity index is 0.00000118. The van der Waals surface area contributed by atoms with Crippen LogP contribution in [0.1, 0.15) is 59.1 Å². The molecular formula is C30H35N5O5. The van der Waals surface area contributed by atoms with Gasteiger partial charge >= 0.3 is 5.97 Å². The van der Waals surface area contributed by atoms with Crippen LogP contribution in [0.3, 0.4) is 0 Å². The van der Waals surface area contributed by atoms with E-state index in [0.717, 1.165) is 65.1 Å². The zero-order valence-corrected chi connectivity index (χ0v) is 23.2. The van der Waals surface area contributed by atoms with Crippen LogP contribution < -0.4 is 4.74 Å². The van der Waals surface area contributed by atoms with E-state index in [1.165, 1.54) is 11.1 Å². The van der Waals surface area contributed by atoms with E-state index in [-0.39, 0.29) is 24.9 Å². The molecule has 4 aromatic rings. The van der Waals surface area contributed by atoms with Crippen molar-refractivity contribution in [3.8, 4) is 5.75 Å². The van der Waals surface area contributed by atoms with Gasteiger partial charge < -0.3 is 14.9 Å². The average molecular weight is 546 g/mol. The number of pyridine rings is 1. The van der Waals surface area contributed by atoms with Crippen LogP contribution in [0.25, 0.3) is 11.0 Å². The number of aliphatic carboxylic acids is 1. The average Bonchev–Trinajstić information content (AvgIpc) is 3.21. The number of carboxylic acid groups (broad SMARTS) is 2. The normalized spacial score (nSPS) is 15.8. The summed E-state index contributed by atoms with van der Waals surface area (Å²) in [5.74, 6) is -0.208. The van der Waals surface area contributed by atoms with E-state index < -0.39 is 5.97 Å². The SMILES string of the molecule is CC[C@@H]1CN(Cc2cc([C@H](CC(=O)O)c3ccc4c(nnn4C)c3C)ccc2C)Cc2cnccc2O1.O=CO. The molecule has 0 saturated heterocycles. The largest absolute Gasteiger partial charge is 0.489 e. The highest BCUT2D eigenvalue weighted by atomic mass is 16.5. The number of fused-ring (bicyclic) bond motifs is 2. The van der Waals surface area contributed by atoms with Gasteiger partial charge in [0.1, 0.15) is 17.4 Å². The van der Waals surface area contributed by atoms with Gasteiger partial charge in [-0.05, 0) is 60.2 Å². The summed E-state index contributed by atoms with van der Waals surface area (Å²) in [6, 6.07) is 12.3. The molecule has 1 aliphatic heterocycles. The predicted molar refractivity (Wildman–Crippen MR) is 150 cm³/mol. The van der Waals surface area contributed by atoms with Crippen LogP contribution in [0, 0.1) is 13.8 Å². The molecule has 5 rings (SSSR count). The lowest BCUT2D eigenvalue weighted by Gasteiger charge is -2.25. The summed E-state index contributed by atoms with van der Waals surface area (Å²) in [4.78, 5) is 27.0. The van der Waals surface area contributed by atoms with Crippen molar-refractivity contribution in [3.63, 3.8) is 0 Å². The predicted octanol–water partition coefficient (Wildman–Crippen LogP) is 4.46. The van der Waals surface area contributed by atoms with Crippen LogP contribution in [-0.4, -0.2) is 60.2 Å². The van der Waals surface area contributed by atoms with Crippen molar-refractivity contribution in [2.75, 3.05) is 6.54 Å². The zero-order chi connectivity index (χ0) is 28.8.